The lowest BCUT2D eigenvalue weighted by Gasteiger charge is -2.45. The summed E-state index contributed by atoms with van der Waals surface area (Å²) >= 11 is 2.24. The molecule has 0 aromatic rings. The van der Waals surface area contributed by atoms with Gasteiger partial charge in [0.1, 0.15) is 0 Å². The third-order valence-electron chi connectivity index (χ3n) is 6.85. The average molecular weight is 410 g/mol. The second-order valence-corrected chi connectivity index (χ2v) is 10.9. The molecule has 2 saturated heterocycles. The molecular formula is C22H43N5S. The van der Waals surface area contributed by atoms with Gasteiger partial charge in [-0.05, 0) is 32.7 Å². The molecule has 0 bridgehead atoms. The lowest BCUT2D eigenvalue weighted by atomic mass is 9.87. The molecule has 1 spiro atoms. The van der Waals surface area contributed by atoms with Crippen LogP contribution in [0, 0.1) is 5.92 Å². The molecule has 0 aromatic heterocycles. The smallest absolute Gasteiger partial charge is 0.194 e. The molecule has 1 aliphatic carbocycles. The zero-order valence-corrected chi connectivity index (χ0v) is 19.6. The molecule has 1 unspecified atom stereocenters. The Labute approximate surface area is 177 Å². The summed E-state index contributed by atoms with van der Waals surface area (Å²) in [6, 6.07) is 0.546. The average Bonchev–Trinajstić information content (AvgIpc) is 2.69. The Balaban J connectivity index is 1.66. The Hall–Kier alpha value is -0.460. The lowest BCUT2D eigenvalue weighted by molar-refractivity contribution is 0.0923. The molecule has 1 atom stereocenters. The first kappa shape index (κ1) is 22.2. The normalized spacial score (nSPS) is 26.0. The summed E-state index contributed by atoms with van der Waals surface area (Å²) in [7, 11) is 2.23. The van der Waals surface area contributed by atoms with E-state index < -0.39 is 0 Å². The van der Waals surface area contributed by atoms with Gasteiger partial charge in [0.05, 0.1) is 6.54 Å². The number of rotatable bonds is 5. The minimum absolute atomic E-state index is 0.488. The van der Waals surface area contributed by atoms with Crippen molar-refractivity contribution in [2.75, 3.05) is 65.2 Å². The summed E-state index contributed by atoms with van der Waals surface area (Å²) in [5.74, 6) is 3.04. The van der Waals surface area contributed by atoms with Crippen LogP contribution in [0.5, 0.6) is 0 Å². The summed E-state index contributed by atoms with van der Waals surface area (Å²) in [5, 5.41) is 3.62. The van der Waals surface area contributed by atoms with Crippen LogP contribution in [0.3, 0.4) is 0 Å². The van der Waals surface area contributed by atoms with Crippen molar-refractivity contribution in [2.45, 2.75) is 63.7 Å². The highest BCUT2D eigenvalue weighted by Crippen LogP contribution is 2.42. The fraction of sp³-hybridized carbons (Fsp3) is 0.955. The van der Waals surface area contributed by atoms with E-state index in [1.807, 2.05) is 0 Å². The van der Waals surface area contributed by atoms with E-state index >= 15 is 0 Å². The van der Waals surface area contributed by atoms with Gasteiger partial charge in [-0.3, -0.25) is 9.89 Å². The van der Waals surface area contributed by atoms with Crippen molar-refractivity contribution in [3.8, 4) is 0 Å². The molecule has 3 aliphatic rings. The highest BCUT2D eigenvalue weighted by Gasteiger charge is 2.38. The standard InChI is InChI=1S/C22H43N5S/c1-5-23-21(27-15-16-28-22(18-27)9-7-6-8-10-22)24-17-20(19(2)3)26-13-11-25(4)12-14-26/h19-20H,5-18H2,1-4H3,(H,23,24). The predicted molar refractivity (Wildman–Crippen MR) is 124 cm³/mol. The summed E-state index contributed by atoms with van der Waals surface area (Å²) in [6.45, 7) is 15.8. The number of likely N-dealkylation sites (N-methyl/N-ethyl adjacent to an activating group) is 1. The number of hydrogen-bond acceptors (Lipinski definition) is 4. The summed E-state index contributed by atoms with van der Waals surface area (Å²) in [6.07, 6.45) is 7.03. The van der Waals surface area contributed by atoms with Gasteiger partial charge in [-0.2, -0.15) is 11.8 Å². The van der Waals surface area contributed by atoms with Gasteiger partial charge < -0.3 is 15.1 Å². The molecule has 0 radical (unpaired) electrons. The van der Waals surface area contributed by atoms with Crippen molar-refractivity contribution in [1.29, 1.82) is 0 Å². The topological polar surface area (TPSA) is 34.1 Å². The van der Waals surface area contributed by atoms with Crippen molar-refractivity contribution < 1.29 is 0 Å². The maximum absolute atomic E-state index is 5.20. The minimum Gasteiger partial charge on any atom is -0.357 e. The highest BCUT2D eigenvalue weighted by molar-refractivity contribution is 8.00. The number of piperazine rings is 1. The van der Waals surface area contributed by atoms with Gasteiger partial charge in [0.25, 0.3) is 0 Å². The van der Waals surface area contributed by atoms with E-state index in [-0.39, 0.29) is 0 Å². The first-order valence-corrected chi connectivity index (χ1v) is 12.6. The minimum atomic E-state index is 0.488. The maximum Gasteiger partial charge on any atom is 0.194 e. The Bertz CT molecular complexity index is 490. The van der Waals surface area contributed by atoms with Crippen LogP contribution in [0.25, 0.3) is 0 Å². The molecule has 2 heterocycles. The van der Waals surface area contributed by atoms with Crippen molar-refractivity contribution in [2.24, 2.45) is 10.9 Å². The predicted octanol–water partition coefficient (Wildman–Crippen LogP) is 2.98. The number of thioether (sulfide) groups is 1. The largest absolute Gasteiger partial charge is 0.357 e. The maximum atomic E-state index is 5.20. The Morgan fingerprint density at radius 3 is 2.43 bits per heavy atom. The molecule has 28 heavy (non-hydrogen) atoms. The number of aliphatic imine (C=N–C) groups is 1. The van der Waals surface area contributed by atoms with Crippen LogP contribution in [-0.2, 0) is 0 Å². The summed E-state index contributed by atoms with van der Waals surface area (Å²) < 4.78 is 0.488. The number of guanidine groups is 1. The molecule has 1 saturated carbocycles. The van der Waals surface area contributed by atoms with Crippen LogP contribution >= 0.6 is 11.8 Å². The van der Waals surface area contributed by atoms with Gasteiger partial charge in [-0.25, -0.2) is 0 Å². The summed E-state index contributed by atoms with van der Waals surface area (Å²) in [5.41, 5.74) is 0. The fourth-order valence-corrected chi connectivity index (χ4v) is 6.60. The van der Waals surface area contributed by atoms with Crippen molar-refractivity contribution in [3.05, 3.63) is 0 Å². The molecule has 1 N–H and O–H groups in total. The van der Waals surface area contributed by atoms with Crippen LogP contribution in [0.1, 0.15) is 52.9 Å². The zero-order chi connectivity index (χ0) is 20.0. The molecule has 6 heteroatoms. The SMILES string of the molecule is CCNC(=NCC(C(C)C)N1CCN(C)CC1)N1CCSC2(CCCCC2)C1. The van der Waals surface area contributed by atoms with E-state index in [0.29, 0.717) is 16.7 Å². The Morgan fingerprint density at radius 2 is 1.79 bits per heavy atom. The molecule has 2 aliphatic heterocycles. The van der Waals surface area contributed by atoms with Crippen LogP contribution < -0.4 is 5.32 Å². The van der Waals surface area contributed by atoms with Crippen LogP contribution in [0.15, 0.2) is 4.99 Å². The molecule has 5 nitrogen and oxygen atoms in total. The number of hydrogen-bond donors (Lipinski definition) is 1. The summed E-state index contributed by atoms with van der Waals surface area (Å²) in [4.78, 5) is 12.9. The molecule has 0 amide bonds. The zero-order valence-electron chi connectivity index (χ0n) is 18.8. The number of nitrogens with one attached hydrogen (secondary N) is 1. The van der Waals surface area contributed by atoms with E-state index in [0.717, 1.165) is 25.6 Å². The second-order valence-electron chi connectivity index (χ2n) is 9.36. The van der Waals surface area contributed by atoms with Gasteiger partial charge in [0.15, 0.2) is 5.96 Å². The lowest BCUT2D eigenvalue weighted by Crippen LogP contribution is -2.54. The second kappa shape index (κ2) is 10.5. The quantitative estimate of drug-likeness (QED) is 0.558. The van der Waals surface area contributed by atoms with E-state index in [4.69, 9.17) is 4.99 Å². The van der Waals surface area contributed by atoms with Gasteiger partial charge in [0.2, 0.25) is 0 Å². The fourth-order valence-electron chi connectivity index (χ4n) is 5.03. The van der Waals surface area contributed by atoms with Gasteiger partial charge in [0, 0.05) is 62.4 Å². The van der Waals surface area contributed by atoms with Crippen molar-refractivity contribution in [3.63, 3.8) is 0 Å². The monoisotopic (exact) mass is 409 g/mol. The van der Waals surface area contributed by atoms with E-state index in [1.54, 1.807) is 0 Å². The molecule has 3 fully saturated rings. The third kappa shape index (κ3) is 5.79. The molecule has 3 rings (SSSR count). The molecule has 162 valence electrons. The van der Waals surface area contributed by atoms with Gasteiger partial charge in [-0.15, -0.1) is 0 Å². The van der Waals surface area contributed by atoms with Crippen LogP contribution in [0.4, 0.5) is 0 Å². The van der Waals surface area contributed by atoms with E-state index in [9.17, 15) is 0 Å². The first-order valence-electron chi connectivity index (χ1n) is 11.6. The van der Waals surface area contributed by atoms with Crippen molar-refractivity contribution >= 4 is 17.7 Å². The van der Waals surface area contributed by atoms with Crippen LogP contribution in [0.2, 0.25) is 0 Å². The van der Waals surface area contributed by atoms with Crippen molar-refractivity contribution in [1.82, 2.24) is 20.0 Å². The first-order chi connectivity index (χ1) is 13.5. The molecular weight excluding hydrogens is 366 g/mol. The Morgan fingerprint density at radius 1 is 1.07 bits per heavy atom. The van der Waals surface area contributed by atoms with Gasteiger partial charge in [-0.1, -0.05) is 33.1 Å². The number of nitrogens with zero attached hydrogens (tertiary/aromatic N) is 4. The Kier molecular flexibility index (Phi) is 8.36. The molecule has 0 aromatic carbocycles. The van der Waals surface area contributed by atoms with E-state index in [2.05, 4.69) is 59.6 Å². The third-order valence-corrected chi connectivity index (χ3v) is 8.39. The van der Waals surface area contributed by atoms with Crippen LogP contribution in [-0.4, -0.2) is 96.6 Å². The van der Waals surface area contributed by atoms with E-state index in [1.165, 1.54) is 70.6 Å². The highest BCUT2D eigenvalue weighted by atomic mass is 32.2. The van der Waals surface area contributed by atoms with Gasteiger partial charge >= 0.3 is 0 Å².